The molecule has 0 radical (unpaired) electrons. The first-order valence-corrected chi connectivity index (χ1v) is 7.30. The van der Waals surface area contributed by atoms with Crippen LogP contribution in [0.4, 0.5) is 5.82 Å². The van der Waals surface area contributed by atoms with Gasteiger partial charge < -0.3 is 9.64 Å². The van der Waals surface area contributed by atoms with Gasteiger partial charge in [0, 0.05) is 23.5 Å². The number of hydrogen-bond acceptors (Lipinski definition) is 4. The molecule has 5 heteroatoms. The molecule has 1 aliphatic rings. The van der Waals surface area contributed by atoms with Gasteiger partial charge in [-0.05, 0) is 24.1 Å². The maximum absolute atomic E-state index is 6.03. The van der Waals surface area contributed by atoms with Gasteiger partial charge >= 0.3 is 0 Å². The number of halogens is 1. The highest BCUT2D eigenvalue weighted by Gasteiger charge is 2.25. The van der Waals surface area contributed by atoms with Gasteiger partial charge in [-0.3, -0.25) is 0 Å². The van der Waals surface area contributed by atoms with Crippen molar-refractivity contribution in [3.8, 4) is 0 Å². The van der Waals surface area contributed by atoms with Crippen LogP contribution in [0.1, 0.15) is 13.8 Å². The molecule has 0 N–H and O–H groups in total. The zero-order valence-corrected chi connectivity index (χ0v) is 12.5. The molecular weight excluding hydrogens is 274 g/mol. The zero-order valence-electron chi connectivity index (χ0n) is 11.7. The highest BCUT2D eigenvalue weighted by Crippen LogP contribution is 2.27. The predicted octanol–water partition coefficient (Wildman–Crippen LogP) is 3.14. The summed E-state index contributed by atoms with van der Waals surface area (Å²) in [6, 6.07) is 5.76. The SMILES string of the molecule is CC(C)C1CN(c2ncnc3cc(Cl)ccc23)CCO1. The summed E-state index contributed by atoms with van der Waals surface area (Å²) >= 11 is 6.03. The van der Waals surface area contributed by atoms with Gasteiger partial charge in [0.15, 0.2) is 0 Å². The highest BCUT2D eigenvalue weighted by atomic mass is 35.5. The Labute approximate surface area is 123 Å². The molecule has 0 saturated carbocycles. The van der Waals surface area contributed by atoms with E-state index in [1.54, 1.807) is 6.33 Å². The highest BCUT2D eigenvalue weighted by molar-refractivity contribution is 6.31. The van der Waals surface area contributed by atoms with Crippen LogP contribution in [0.5, 0.6) is 0 Å². The Balaban J connectivity index is 1.97. The third-order valence-corrected chi connectivity index (χ3v) is 3.95. The third-order valence-electron chi connectivity index (χ3n) is 3.71. The monoisotopic (exact) mass is 291 g/mol. The summed E-state index contributed by atoms with van der Waals surface area (Å²) in [5.74, 6) is 1.47. The molecule has 0 spiro atoms. The summed E-state index contributed by atoms with van der Waals surface area (Å²) in [6.45, 7) is 6.84. The molecule has 3 rings (SSSR count). The molecule has 1 aliphatic heterocycles. The molecule has 1 aromatic heterocycles. The van der Waals surface area contributed by atoms with Crippen LogP contribution in [-0.4, -0.2) is 35.8 Å². The number of rotatable bonds is 2. The molecule has 106 valence electrons. The van der Waals surface area contributed by atoms with Gasteiger partial charge in [-0.2, -0.15) is 0 Å². The number of morpholine rings is 1. The van der Waals surface area contributed by atoms with Crippen LogP contribution < -0.4 is 4.90 Å². The van der Waals surface area contributed by atoms with Crippen LogP contribution in [0.15, 0.2) is 24.5 Å². The predicted molar refractivity (Wildman–Crippen MR) is 81.3 cm³/mol. The molecule has 1 fully saturated rings. The Morgan fingerprint density at radius 3 is 3.00 bits per heavy atom. The third kappa shape index (κ3) is 2.58. The van der Waals surface area contributed by atoms with E-state index in [2.05, 4.69) is 28.7 Å². The van der Waals surface area contributed by atoms with Crippen LogP contribution in [0.25, 0.3) is 10.9 Å². The van der Waals surface area contributed by atoms with E-state index in [0.29, 0.717) is 10.9 Å². The molecule has 1 atom stereocenters. The number of aromatic nitrogens is 2. The van der Waals surface area contributed by atoms with E-state index in [0.717, 1.165) is 36.4 Å². The fourth-order valence-electron chi connectivity index (χ4n) is 2.54. The van der Waals surface area contributed by atoms with E-state index >= 15 is 0 Å². The lowest BCUT2D eigenvalue weighted by Crippen LogP contribution is -2.45. The minimum absolute atomic E-state index is 0.251. The van der Waals surface area contributed by atoms with Crippen molar-refractivity contribution in [3.63, 3.8) is 0 Å². The standard InChI is InChI=1S/C15H18ClN3O/c1-10(2)14-8-19(5-6-20-14)15-12-4-3-11(16)7-13(12)17-9-18-15/h3-4,7,9-10,14H,5-6,8H2,1-2H3. The fraction of sp³-hybridized carbons (Fsp3) is 0.467. The van der Waals surface area contributed by atoms with Gasteiger partial charge in [0.25, 0.3) is 0 Å². The van der Waals surface area contributed by atoms with Crippen molar-refractivity contribution < 1.29 is 4.74 Å². The van der Waals surface area contributed by atoms with Crippen LogP contribution in [-0.2, 0) is 4.74 Å². The molecule has 0 amide bonds. The number of anilines is 1. The van der Waals surface area contributed by atoms with Crippen molar-refractivity contribution in [1.82, 2.24) is 9.97 Å². The Hall–Kier alpha value is -1.39. The van der Waals surface area contributed by atoms with Crippen molar-refractivity contribution in [3.05, 3.63) is 29.5 Å². The van der Waals surface area contributed by atoms with Crippen molar-refractivity contribution in [1.29, 1.82) is 0 Å². The molecule has 1 unspecified atom stereocenters. The molecule has 1 saturated heterocycles. The van der Waals surface area contributed by atoms with Crippen LogP contribution in [0.2, 0.25) is 5.02 Å². The van der Waals surface area contributed by atoms with Gasteiger partial charge in [-0.15, -0.1) is 0 Å². The molecule has 2 aromatic rings. The van der Waals surface area contributed by atoms with Gasteiger partial charge in [-0.25, -0.2) is 9.97 Å². The summed E-state index contributed by atoms with van der Waals surface area (Å²) < 4.78 is 5.82. The van der Waals surface area contributed by atoms with Gasteiger partial charge in [0.1, 0.15) is 12.1 Å². The summed E-state index contributed by atoms with van der Waals surface area (Å²) in [5.41, 5.74) is 0.884. The van der Waals surface area contributed by atoms with Crippen molar-refractivity contribution in [2.45, 2.75) is 20.0 Å². The Morgan fingerprint density at radius 1 is 1.35 bits per heavy atom. The number of nitrogens with zero attached hydrogens (tertiary/aromatic N) is 3. The van der Waals surface area contributed by atoms with Crippen molar-refractivity contribution >= 4 is 28.3 Å². The molecule has 20 heavy (non-hydrogen) atoms. The average molecular weight is 292 g/mol. The van der Waals surface area contributed by atoms with E-state index < -0.39 is 0 Å². The summed E-state index contributed by atoms with van der Waals surface area (Å²) in [6.07, 6.45) is 1.86. The van der Waals surface area contributed by atoms with E-state index in [4.69, 9.17) is 16.3 Å². The second-order valence-corrected chi connectivity index (χ2v) is 5.89. The minimum atomic E-state index is 0.251. The average Bonchev–Trinajstić information content (AvgIpc) is 2.46. The first-order valence-electron chi connectivity index (χ1n) is 6.92. The second-order valence-electron chi connectivity index (χ2n) is 5.46. The lowest BCUT2D eigenvalue weighted by Gasteiger charge is -2.36. The Kier molecular flexibility index (Phi) is 3.76. The molecule has 1 aromatic carbocycles. The number of ether oxygens (including phenoxy) is 1. The number of fused-ring (bicyclic) bond motifs is 1. The number of hydrogen-bond donors (Lipinski definition) is 0. The lowest BCUT2D eigenvalue weighted by atomic mass is 10.1. The van der Waals surface area contributed by atoms with E-state index in [1.807, 2.05) is 18.2 Å². The summed E-state index contributed by atoms with van der Waals surface area (Å²) in [7, 11) is 0. The quantitative estimate of drug-likeness (QED) is 0.852. The molecule has 0 aliphatic carbocycles. The first-order chi connectivity index (χ1) is 9.65. The van der Waals surface area contributed by atoms with E-state index in [-0.39, 0.29) is 6.10 Å². The molecule has 4 nitrogen and oxygen atoms in total. The maximum atomic E-state index is 6.03. The van der Waals surface area contributed by atoms with Crippen LogP contribution in [0, 0.1) is 5.92 Å². The molecule has 0 bridgehead atoms. The zero-order chi connectivity index (χ0) is 14.1. The van der Waals surface area contributed by atoms with Crippen LogP contribution >= 0.6 is 11.6 Å². The van der Waals surface area contributed by atoms with Gasteiger partial charge in [-0.1, -0.05) is 25.4 Å². The minimum Gasteiger partial charge on any atom is -0.374 e. The first kappa shape index (κ1) is 13.6. The van der Waals surface area contributed by atoms with E-state index in [1.165, 1.54) is 0 Å². The Morgan fingerprint density at radius 2 is 2.20 bits per heavy atom. The van der Waals surface area contributed by atoms with Crippen molar-refractivity contribution in [2.75, 3.05) is 24.6 Å². The molecule has 2 heterocycles. The smallest absolute Gasteiger partial charge is 0.140 e. The van der Waals surface area contributed by atoms with Crippen molar-refractivity contribution in [2.24, 2.45) is 5.92 Å². The van der Waals surface area contributed by atoms with Crippen LogP contribution in [0.3, 0.4) is 0 Å². The normalized spacial score (nSPS) is 19.8. The fourth-order valence-corrected chi connectivity index (χ4v) is 2.71. The molecular formula is C15H18ClN3O. The summed E-state index contributed by atoms with van der Waals surface area (Å²) in [4.78, 5) is 11.1. The van der Waals surface area contributed by atoms with E-state index in [9.17, 15) is 0 Å². The van der Waals surface area contributed by atoms with Gasteiger partial charge in [0.05, 0.1) is 18.2 Å². The number of benzene rings is 1. The second kappa shape index (κ2) is 5.54. The lowest BCUT2D eigenvalue weighted by molar-refractivity contribution is 0.0112. The maximum Gasteiger partial charge on any atom is 0.140 e. The summed E-state index contributed by atoms with van der Waals surface area (Å²) in [5, 5.41) is 1.74. The topological polar surface area (TPSA) is 38.2 Å². The Bertz CT molecular complexity index is 617. The van der Waals surface area contributed by atoms with Gasteiger partial charge in [0.2, 0.25) is 0 Å². The largest absolute Gasteiger partial charge is 0.374 e.